The summed E-state index contributed by atoms with van der Waals surface area (Å²) in [4.78, 5) is 21.0. The van der Waals surface area contributed by atoms with E-state index in [9.17, 15) is 9.59 Å². The number of amides is 1. The first-order valence-corrected chi connectivity index (χ1v) is 4.72. The third-order valence-corrected chi connectivity index (χ3v) is 2.48. The molecule has 14 heavy (non-hydrogen) atoms. The van der Waals surface area contributed by atoms with Crippen molar-refractivity contribution in [2.24, 2.45) is 11.7 Å². The number of primary amides is 1. The van der Waals surface area contributed by atoms with Crippen LogP contribution in [0.5, 0.6) is 0 Å². The van der Waals surface area contributed by atoms with E-state index in [1.54, 1.807) is 0 Å². The summed E-state index contributed by atoms with van der Waals surface area (Å²) >= 11 is 0. The molecule has 0 heterocycles. The van der Waals surface area contributed by atoms with Gasteiger partial charge < -0.3 is 15.6 Å². The highest BCUT2D eigenvalue weighted by Crippen LogP contribution is 2.26. The van der Waals surface area contributed by atoms with E-state index in [0.717, 1.165) is 0 Å². The Bertz CT molecular complexity index is 221. The lowest BCUT2D eigenvalue weighted by atomic mass is 9.87. The monoisotopic (exact) mass is 201 g/mol. The molecule has 0 unspecified atom stereocenters. The molecule has 1 rings (SSSR count). The lowest BCUT2D eigenvalue weighted by Crippen LogP contribution is -2.29. The van der Waals surface area contributed by atoms with Gasteiger partial charge in [-0.1, -0.05) is 0 Å². The number of hydrogen-bond donors (Lipinski definition) is 2. The van der Waals surface area contributed by atoms with Gasteiger partial charge >= 0.3 is 5.97 Å². The number of carbonyl (C=O) groups is 2. The van der Waals surface area contributed by atoms with Gasteiger partial charge in [0.05, 0.1) is 12.0 Å². The second kappa shape index (κ2) is 4.95. The van der Waals surface area contributed by atoms with E-state index >= 15 is 0 Å². The van der Waals surface area contributed by atoms with Gasteiger partial charge in [-0.05, 0) is 25.7 Å². The number of carboxylic acids is 1. The Morgan fingerprint density at radius 1 is 1.29 bits per heavy atom. The molecular weight excluding hydrogens is 186 g/mol. The number of rotatable bonds is 4. The smallest absolute Gasteiger partial charge is 0.306 e. The zero-order valence-electron chi connectivity index (χ0n) is 7.94. The van der Waals surface area contributed by atoms with Crippen molar-refractivity contribution in [3.8, 4) is 0 Å². The van der Waals surface area contributed by atoms with Crippen LogP contribution in [0.15, 0.2) is 0 Å². The van der Waals surface area contributed by atoms with Gasteiger partial charge in [0.25, 0.3) is 0 Å². The van der Waals surface area contributed by atoms with Crippen molar-refractivity contribution in [1.29, 1.82) is 0 Å². The third-order valence-electron chi connectivity index (χ3n) is 2.48. The number of nitrogens with two attached hydrogens (primary N) is 1. The molecule has 1 aliphatic rings. The predicted octanol–water partition coefficient (Wildman–Crippen LogP) is 0.132. The molecule has 1 amide bonds. The van der Waals surface area contributed by atoms with Gasteiger partial charge in [0, 0.05) is 0 Å². The van der Waals surface area contributed by atoms with Crippen molar-refractivity contribution in [3.05, 3.63) is 0 Å². The van der Waals surface area contributed by atoms with Gasteiger partial charge in [-0.25, -0.2) is 0 Å². The molecule has 5 nitrogen and oxygen atoms in total. The van der Waals surface area contributed by atoms with Crippen LogP contribution in [0.3, 0.4) is 0 Å². The second-order valence-electron chi connectivity index (χ2n) is 3.59. The van der Waals surface area contributed by atoms with E-state index < -0.39 is 11.9 Å². The third kappa shape index (κ3) is 3.33. The van der Waals surface area contributed by atoms with E-state index in [1.807, 2.05) is 0 Å². The summed E-state index contributed by atoms with van der Waals surface area (Å²) in [6.45, 7) is -0.0671. The van der Waals surface area contributed by atoms with E-state index in [-0.39, 0.29) is 18.6 Å². The van der Waals surface area contributed by atoms with Gasteiger partial charge in [-0.15, -0.1) is 0 Å². The fourth-order valence-electron chi connectivity index (χ4n) is 1.68. The highest BCUT2D eigenvalue weighted by atomic mass is 16.5. The van der Waals surface area contributed by atoms with Crippen LogP contribution in [0.4, 0.5) is 0 Å². The van der Waals surface area contributed by atoms with Crippen molar-refractivity contribution in [1.82, 2.24) is 0 Å². The summed E-state index contributed by atoms with van der Waals surface area (Å²) in [7, 11) is 0. The van der Waals surface area contributed by atoms with Crippen LogP contribution in [0.2, 0.25) is 0 Å². The van der Waals surface area contributed by atoms with Crippen molar-refractivity contribution in [2.45, 2.75) is 31.8 Å². The first-order chi connectivity index (χ1) is 6.59. The Labute approximate surface area is 82.2 Å². The Morgan fingerprint density at radius 3 is 2.29 bits per heavy atom. The SMILES string of the molecule is NC(=O)COC1CCC(C(=O)O)CC1. The summed E-state index contributed by atoms with van der Waals surface area (Å²) in [5.41, 5.74) is 4.93. The normalized spacial score (nSPS) is 27.1. The van der Waals surface area contributed by atoms with Crippen LogP contribution in [0.25, 0.3) is 0 Å². The first-order valence-electron chi connectivity index (χ1n) is 4.72. The molecule has 3 N–H and O–H groups in total. The van der Waals surface area contributed by atoms with E-state index in [4.69, 9.17) is 15.6 Å². The van der Waals surface area contributed by atoms with E-state index in [1.165, 1.54) is 0 Å². The number of hydrogen-bond acceptors (Lipinski definition) is 3. The molecule has 1 aliphatic carbocycles. The van der Waals surface area contributed by atoms with Crippen LogP contribution >= 0.6 is 0 Å². The maximum absolute atomic E-state index is 10.6. The van der Waals surface area contributed by atoms with E-state index in [0.29, 0.717) is 25.7 Å². The molecule has 0 bridgehead atoms. The fraction of sp³-hybridized carbons (Fsp3) is 0.778. The average Bonchev–Trinajstić information content (AvgIpc) is 2.15. The number of carboxylic acid groups (broad SMARTS) is 1. The van der Waals surface area contributed by atoms with Crippen LogP contribution in [-0.4, -0.2) is 29.7 Å². The van der Waals surface area contributed by atoms with Crippen LogP contribution in [0.1, 0.15) is 25.7 Å². The quantitative estimate of drug-likeness (QED) is 0.676. The fourth-order valence-corrected chi connectivity index (χ4v) is 1.68. The number of aliphatic carboxylic acids is 1. The highest BCUT2D eigenvalue weighted by molar-refractivity contribution is 5.75. The zero-order chi connectivity index (χ0) is 10.6. The molecular formula is C9H15NO4. The molecule has 0 atom stereocenters. The summed E-state index contributed by atoms with van der Waals surface area (Å²) in [6, 6.07) is 0. The predicted molar refractivity (Wildman–Crippen MR) is 48.5 cm³/mol. The molecule has 0 saturated heterocycles. The standard InChI is InChI=1S/C9H15NO4/c10-8(11)5-14-7-3-1-6(2-4-7)9(12)13/h6-7H,1-5H2,(H2,10,11)(H,12,13). The molecule has 0 aromatic carbocycles. The maximum atomic E-state index is 10.6. The number of ether oxygens (including phenoxy) is 1. The lowest BCUT2D eigenvalue weighted by molar-refractivity contribution is -0.144. The van der Waals surface area contributed by atoms with Crippen molar-refractivity contribution < 1.29 is 19.4 Å². The van der Waals surface area contributed by atoms with Gasteiger partial charge in [0.2, 0.25) is 5.91 Å². The van der Waals surface area contributed by atoms with Gasteiger partial charge in [0.1, 0.15) is 6.61 Å². The second-order valence-corrected chi connectivity index (χ2v) is 3.59. The van der Waals surface area contributed by atoms with Gasteiger partial charge in [-0.3, -0.25) is 9.59 Å². The van der Waals surface area contributed by atoms with E-state index in [2.05, 4.69) is 0 Å². The Kier molecular flexibility index (Phi) is 3.88. The van der Waals surface area contributed by atoms with Crippen molar-refractivity contribution in [3.63, 3.8) is 0 Å². The largest absolute Gasteiger partial charge is 0.481 e. The summed E-state index contributed by atoms with van der Waals surface area (Å²) in [6.07, 6.45) is 2.64. The minimum Gasteiger partial charge on any atom is -0.481 e. The summed E-state index contributed by atoms with van der Waals surface area (Å²) < 4.78 is 5.20. The molecule has 0 aromatic heterocycles. The molecule has 1 fully saturated rings. The molecule has 1 saturated carbocycles. The molecule has 80 valence electrons. The first kappa shape index (κ1) is 11.0. The maximum Gasteiger partial charge on any atom is 0.306 e. The van der Waals surface area contributed by atoms with Crippen molar-refractivity contribution >= 4 is 11.9 Å². The molecule has 0 aliphatic heterocycles. The molecule has 0 radical (unpaired) electrons. The van der Waals surface area contributed by atoms with Gasteiger partial charge in [0.15, 0.2) is 0 Å². The van der Waals surface area contributed by atoms with Crippen LogP contribution in [0, 0.1) is 5.92 Å². The minimum atomic E-state index is -0.738. The lowest BCUT2D eigenvalue weighted by Gasteiger charge is -2.25. The topological polar surface area (TPSA) is 89.6 Å². The Morgan fingerprint density at radius 2 is 1.86 bits per heavy atom. The minimum absolute atomic E-state index is 0.00176. The average molecular weight is 201 g/mol. The molecule has 0 aromatic rings. The molecule has 0 spiro atoms. The Balaban J connectivity index is 2.22. The molecule has 5 heteroatoms. The zero-order valence-corrected chi connectivity index (χ0v) is 7.94. The van der Waals surface area contributed by atoms with Gasteiger partial charge in [-0.2, -0.15) is 0 Å². The highest BCUT2D eigenvalue weighted by Gasteiger charge is 2.26. The number of carbonyl (C=O) groups excluding carboxylic acids is 1. The van der Waals surface area contributed by atoms with Crippen LogP contribution in [-0.2, 0) is 14.3 Å². The summed E-state index contributed by atoms with van der Waals surface area (Å²) in [5, 5.41) is 8.73. The summed E-state index contributed by atoms with van der Waals surface area (Å²) in [5.74, 6) is -1.47. The Hall–Kier alpha value is -1.10. The van der Waals surface area contributed by atoms with Crippen LogP contribution < -0.4 is 5.73 Å². The van der Waals surface area contributed by atoms with Crippen molar-refractivity contribution in [2.75, 3.05) is 6.61 Å².